The second kappa shape index (κ2) is 11.2. The topological polar surface area (TPSA) is 91.4 Å². The van der Waals surface area contributed by atoms with Crippen molar-refractivity contribution in [1.82, 2.24) is 0 Å². The SMILES string of the molecule is O=C1[C@H]2[C@H](C(=O)N1c1ccc(Cl)c(C(F)(F)F)c1)[C@@]1(c3ccccc3)C(=O)[C@@]2(c2ccccc2)C(c2ccc3c(c2)OCO3)=C1c1ccc2c(c1)OCO2. The molecule has 0 aromatic heterocycles. The van der Waals surface area contributed by atoms with Crippen molar-refractivity contribution in [3.8, 4) is 23.0 Å². The first-order chi connectivity index (χ1) is 26.1. The summed E-state index contributed by atoms with van der Waals surface area (Å²) in [6.45, 7) is -0.0333. The van der Waals surface area contributed by atoms with Gasteiger partial charge in [0.2, 0.25) is 25.4 Å². The van der Waals surface area contributed by atoms with Crippen LogP contribution in [0.3, 0.4) is 0 Å². The molecule has 0 unspecified atom stereocenters. The molecule has 0 N–H and O–H groups in total. The minimum atomic E-state index is -4.87. The number of nitrogens with zero attached hydrogens (tertiary/aromatic N) is 1. The molecule has 2 amide bonds. The number of ether oxygens (including phenoxy) is 4. The van der Waals surface area contributed by atoms with Crippen molar-refractivity contribution in [1.29, 1.82) is 0 Å². The Bertz CT molecular complexity index is 2370. The zero-order valence-corrected chi connectivity index (χ0v) is 28.6. The fourth-order valence-electron chi connectivity index (χ4n) is 9.35. The maximum atomic E-state index is 16.2. The lowest BCUT2D eigenvalue weighted by Gasteiger charge is -2.39. The van der Waals surface area contributed by atoms with Crippen LogP contribution in [0.5, 0.6) is 23.0 Å². The second-order valence-corrected chi connectivity index (χ2v) is 14.1. The number of anilines is 1. The number of allylic oxidation sites excluding steroid dienone is 2. The summed E-state index contributed by atoms with van der Waals surface area (Å²) in [6, 6.07) is 31.0. The predicted octanol–water partition coefficient (Wildman–Crippen LogP) is 8.01. The van der Waals surface area contributed by atoms with Gasteiger partial charge in [-0.3, -0.25) is 14.4 Å². The van der Waals surface area contributed by atoms with E-state index in [1.165, 1.54) is 6.07 Å². The number of hydrogen-bond acceptors (Lipinski definition) is 7. The normalized spacial score (nSPS) is 24.9. The van der Waals surface area contributed by atoms with E-state index in [0.717, 1.165) is 11.0 Å². The number of carbonyl (C=O) groups is 3. The van der Waals surface area contributed by atoms with Crippen molar-refractivity contribution >= 4 is 46.0 Å². The van der Waals surface area contributed by atoms with Gasteiger partial charge in [-0.25, -0.2) is 4.90 Å². The zero-order chi connectivity index (χ0) is 37.1. The maximum absolute atomic E-state index is 16.2. The summed E-state index contributed by atoms with van der Waals surface area (Å²) in [4.78, 5) is 47.4. The van der Waals surface area contributed by atoms with Gasteiger partial charge in [0, 0.05) is 0 Å². The number of imide groups is 1. The smallest absolute Gasteiger partial charge is 0.417 e. The van der Waals surface area contributed by atoms with Crippen LogP contribution in [-0.4, -0.2) is 31.2 Å². The summed E-state index contributed by atoms with van der Waals surface area (Å²) < 4.78 is 65.5. The van der Waals surface area contributed by atoms with Crippen LogP contribution in [0, 0.1) is 11.8 Å². The molecule has 0 spiro atoms. The molecule has 1 saturated heterocycles. The number of ketones is 1. The number of carbonyl (C=O) groups excluding carboxylic acids is 3. The lowest BCUT2D eigenvalue weighted by molar-refractivity contribution is -0.137. The molecule has 2 aliphatic carbocycles. The van der Waals surface area contributed by atoms with Crippen LogP contribution >= 0.6 is 11.6 Å². The van der Waals surface area contributed by atoms with Crippen molar-refractivity contribution in [3.05, 3.63) is 148 Å². The van der Waals surface area contributed by atoms with Crippen LogP contribution < -0.4 is 23.8 Å². The Morgan fingerprint density at radius 3 is 1.52 bits per heavy atom. The summed E-state index contributed by atoms with van der Waals surface area (Å²) in [5.41, 5.74) is -2.27. The predicted molar refractivity (Wildman–Crippen MR) is 189 cm³/mol. The average Bonchev–Trinajstić information content (AvgIpc) is 3.98. The number of Topliss-reactive ketones (excluding diaryl/α,β-unsaturated/α-hetero) is 1. The molecule has 0 radical (unpaired) electrons. The van der Waals surface area contributed by atoms with Gasteiger partial charge in [-0.15, -0.1) is 0 Å². The molecule has 4 atom stereocenters. The van der Waals surface area contributed by atoms with Gasteiger partial charge in [0.05, 0.1) is 38.9 Å². The number of alkyl halides is 3. The van der Waals surface area contributed by atoms with Gasteiger partial charge in [-0.2, -0.15) is 13.2 Å². The first-order valence-electron chi connectivity index (χ1n) is 17.0. The van der Waals surface area contributed by atoms with E-state index in [1.807, 2.05) is 0 Å². The zero-order valence-electron chi connectivity index (χ0n) is 27.9. The van der Waals surface area contributed by atoms with Gasteiger partial charge in [-0.1, -0.05) is 84.4 Å². The van der Waals surface area contributed by atoms with E-state index >= 15 is 14.4 Å². The fraction of sp³-hybridized carbons (Fsp3) is 0.167. The van der Waals surface area contributed by atoms with Gasteiger partial charge in [0.25, 0.3) is 0 Å². The molecule has 2 fully saturated rings. The number of benzene rings is 5. The fourth-order valence-corrected chi connectivity index (χ4v) is 9.58. The number of rotatable bonds is 5. The van der Waals surface area contributed by atoms with Gasteiger partial charge in [0.15, 0.2) is 28.8 Å². The molecule has 1 saturated carbocycles. The molecule has 54 heavy (non-hydrogen) atoms. The standard InChI is InChI=1S/C42H25ClF3NO7/c43-28-14-13-26(19-27(28)42(44,45)46)47-37(48)35-36(38(47)49)41(25-9-5-2-6-10-25)34(23-12-16-30-32(18-23)54-21-52-30)33(22-11-15-29-31(17-22)53-20-51-29)40(35,39(41)50)24-7-3-1-4-8-24/h1-19,35-36H,20-21H2/t35-,36-,40+,41+/m1/s1. The third-order valence-electron chi connectivity index (χ3n) is 11.3. The minimum absolute atomic E-state index is 0.0167. The first kappa shape index (κ1) is 32.6. The molecule has 5 aromatic carbocycles. The van der Waals surface area contributed by atoms with Crippen LogP contribution in [0.2, 0.25) is 5.02 Å². The highest BCUT2D eigenvalue weighted by Gasteiger charge is 2.83. The molecule has 5 aliphatic rings. The van der Waals surface area contributed by atoms with Crippen molar-refractivity contribution in [3.63, 3.8) is 0 Å². The molecular weight excluding hydrogens is 723 g/mol. The molecule has 5 aromatic rings. The Labute approximate surface area is 310 Å². The van der Waals surface area contributed by atoms with E-state index in [0.29, 0.717) is 62.5 Å². The molecule has 2 bridgehead atoms. The molecule has 3 heterocycles. The van der Waals surface area contributed by atoms with Gasteiger partial charge >= 0.3 is 6.18 Å². The maximum Gasteiger partial charge on any atom is 0.417 e. The lowest BCUT2D eigenvalue weighted by Crippen LogP contribution is -2.45. The van der Waals surface area contributed by atoms with Crippen LogP contribution in [0.25, 0.3) is 11.1 Å². The Kier molecular flexibility index (Phi) is 6.77. The second-order valence-electron chi connectivity index (χ2n) is 13.7. The number of halogens is 4. The van der Waals surface area contributed by atoms with Crippen LogP contribution in [0.15, 0.2) is 115 Å². The summed E-state index contributed by atoms with van der Waals surface area (Å²) >= 11 is 5.99. The van der Waals surface area contributed by atoms with Crippen LogP contribution in [0.1, 0.15) is 27.8 Å². The third-order valence-corrected chi connectivity index (χ3v) is 11.6. The van der Waals surface area contributed by atoms with Crippen molar-refractivity contribution in [2.45, 2.75) is 17.0 Å². The average molecular weight is 748 g/mol. The molecule has 10 rings (SSSR count). The quantitative estimate of drug-likeness (QED) is 0.168. The van der Waals surface area contributed by atoms with Crippen molar-refractivity contribution < 1.29 is 46.5 Å². The first-order valence-corrected chi connectivity index (χ1v) is 17.4. The van der Waals surface area contributed by atoms with Gasteiger partial charge < -0.3 is 18.9 Å². The summed E-state index contributed by atoms with van der Waals surface area (Å²) in [5, 5.41) is -0.584. The highest BCUT2D eigenvalue weighted by atomic mass is 35.5. The van der Waals surface area contributed by atoms with E-state index in [2.05, 4.69) is 0 Å². The van der Waals surface area contributed by atoms with E-state index in [9.17, 15) is 13.2 Å². The summed E-state index contributed by atoms with van der Waals surface area (Å²) in [7, 11) is 0. The Morgan fingerprint density at radius 1 is 0.593 bits per heavy atom. The Balaban J connectivity index is 1.34. The molecule has 8 nitrogen and oxygen atoms in total. The van der Waals surface area contributed by atoms with Crippen LogP contribution in [0.4, 0.5) is 18.9 Å². The summed E-state index contributed by atoms with van der Waals surface area (Å²) in [5.74, 6) is -2.94. The van der Waals surface area contributed by atoms with Crippen molar-refractivity contribution in [2.75, 3.05) is 18.5 Å². The molecule has 268 valence electrons. The highest BCUT2D eigenvalue weighted by molar-refractivity contribution is 6.39. The Morgan fingerprint density at radius 2 is 1.06 bits per heavy atom. The van der Waals surface area contributed by atoms with E-state index in [1.54, 1.807) is 97.1 Å². The van der Waals surface area contributed by atoms with Gasteiger partial charge in [0.1, 0.15) is 0 Å². The van der Waals surface area contributed by atoms with E-state index in [-0.39, 0.29) is 19.3 Å². The highest BCUT2D eigenvalue weighted by Crippen LogP contribution is 2.75. The monoisotopic (exact) mass is 747 g/mol. The largest absolute Gasteiger partial charge is 0.454 e. The van der Waals surface area contributed by atoms with Crippen molar-refractivity contribution in [2.24, 2.45) is 11.8 Å². The van der Waals surface area contributed by atoms with Crippen LogP contribution in [-0.2, 0) is 31.4 Å². The number of amides is 2. The van der Waals surface area contributed by atoms with E-state index < -0.39 is 57.0 Å². The molecule has 12 heteroatoms. The Hall–Kier alpha value is -6.07. The van der Waals surface area contributed by atoms with E-state index in [4.69, 9.17) is 30.5 Å². The summed E-state index contributed by atoms with van der Waals surface area (Å²) in [6.07, 6.45) is -4.87. The molecule has 3 aliphatic heterocycles. The van der Waals surface area contributed by atoms with Gasteiger partial charge in [-0.05, 0) is 75.9 Å². The lowest BCUT2D eigenvalue weighted by atomic mass is 9.59. The molecular formula is C42H25ClF3NO7. The number of hydrogen-bond donors (Lipinski definition) is 0. The minimum Gasteiger partial charge on any atom is -0.454 e. The third kappa shape index (κ3) is 4.07. The number of fused-ring (bicyclic) bond motifs is 7.